The molecule has 110 valence electrons. The molecular formula is C18H22N2O. The molecule has 0 aliphatic heterocycles. The van der Waals surface area contributed by atoms with Crippen LogP contribution in [0, 0.1) is 13.8 Å². The number of anilines is 2. The zero-order valence-corrected chi connectivity index (χ0v) is 13.0. The smallest absolute Gasteiger partial charge is 0.255 e. The monoisotopic (exact) mass is 282 g/mol. The third-order valence-electron chi connectivity index (χ3n) is 3.63. The highest BCUT2D eigenvalue weighted by Crippen LogP contribution is 2.24. The van der Waals surface area contributed by atoms with Crippen LogP contribution in [0.5, 0.6) is 0 Å². The van der Waals surface area contributed by atoms with Gasteiger partial charge in [-0.3, -0.25) is 4.79 Å². The summed E-state index contributed by atoms with van der Waals surface area (Å²) >= 11 is 0. The lowest BCUT2D eigenvalue weighted by Crippen LogP contribution is -2.14. The zero-order chi connectivity index (χ0) is 15.6. The highest BCUT2D eigenvalue weighted by Gasteiger charge is 2.11. The van der Waals surface area contributed by atoms with Gasteiger partial charge in [0.1, 0.15) is 0 Å². The van der Waals surface area contributed by atoms with E-state index >= 15 is 0 Å². The molecule has 0 aliphatic rings. The number of nitrogens with one attached hydrogen (secondary N) is 1. The summed E-state index contributed by atoms with van der Waals surface area (Å²) in [5.41, 5.74) is 11.2. The van der Waals surface area contributed by atoms with E-state index in [1.54, 1.807) is 0 Å². The van der Waals surface area contributed by atoms with Crippen molar-refractivity contribution in [2.45, 2.75) is 33.6 Å². The molecule has 0 atom stereocenters. The summed E-state index contributed by atoms with van der Waals surface area (Å²) in [4.78, 5) is 12.3. The molecule has 0 bridgehead atoms. The van der Waals surface area contributed by atoms with Crippen LogP contribution in [-0.4, -0.2) is 5.91 Å². The van der Waals surface area contributed by atoms with Crippen LogP contribution in [0.3, 0.4) is 0 Å². The largest absolute Gasteiger partial charge is 0.399 e. The average molecular weight is 282 g/mol. The number of hydrogen-bond donors (Lipinski definition) is 2. The SMILES string of the molecule is Cc1cc(N)cc(C)c1NC(=O)c1ccc(C(C)C)cc1. The van der Waals surface area contributed by atoms with E-state index in [4.69, 9.17) is 5.73 Å². The first kappa shape index (κ1) is 15.1. The summed E-state index contributed by atoms with van der Waals surface area (Å²) < 4.78 is 0. The predicted octanol–water partition coefficient (Wildman–Crippen LogP) is 4.26. The number of carbonyl (C=O) groups is 1. The maximum Gasteiger partial charge on any atom is 0.255 e. The van der Waals surface area contributed by atoms with E-state index in [1.165, 1.54) is 5.56 Å². The van der Waals surface area contributed by atoms with E-state index in [0.717, 1.165) is 16.8 Å². The molecule has 0 aliphatic carbocycles. The van der Waals surface area contributed by atoms with Crippen LogP contribution in [0.15, 0.2) is 36.4 Å². The lowest BCUT2D eigenvalue weighted by atomic mass is 10.0. The number of amides is 1. The zero-order valence-electron chi connectivity index (χ0n) is 13.0. The van der Waals surface area contributed by atoms with Crippen molar-refractivity contribution in [1.82, 2.24) is 0 Å². The van der Waals surface area contributed by atoms with Gasteiger partial charge in [0, 0.05) is 16.9 Å². The van der Waals surface area contributed by atoms with Gasteiger partial charge in [0.25, 0.3) is 5.91 Å². The van der Waals surface area contributed by atoms with Crippen molar-refractivity contribution in [1.29, 1.82) is 0 Å². The molecule has 0 saturated heterocycles. The normalized spacial score (nSPS) is 10.7. The van der Waals surface area contributed by atoms with Crippen LogP contribution in [0.2, 0.25) is 0 Å². The molecule has 0 radical (unpaired) electrons. The standard InChI is InChI=1S/C18H22N2O/c1-11(2)14-5-7-15(8-6-14)18(21)20-17-12(3)9-16(19)10-13(17)4/h5-11H,19H2,1-4H3,(H,20,21). The summed E-state index contributed by atoms with van der Waals surface area (Å²) in [6.45, 7) is 8.16. The first-order chi connectivity index (χ1) is 9.88. The second-order valence-corrected chi connectivity index (χ2v) is 5.76. The van der Waals surface area contributed by atoms with E-state index in [-0.39, 0.29) is 5.91 Å². The van der Waals surface area contributed by atoms with Crippen LogP contribution in [0.4, 0.5) is 11.4 Å². The van der Waals surface area contributed by atoms with E-state index in [2.05, 4.69) is 19.2 Å². The molecule has 2 rings (SSSR count). The lowest BCUT2D eigenvalue weighted by molar-refractivity contribution is 0.102. The number of nitrogens with two attached hydrogens (primary N) is 1. The van der Waals surface area contributed by atoms with E-state index < -0.39 is 0 Å². The van der Waals surface area contributed by atoms with Gasteiger partial charge in [-0.05, 0) is 60.7 Å². The third kappa shape index (κ3) is 3.43. The second-order valence-electron chi connectivity index (χ2n) is 5.76. The van der Waals surface area contributed by atoms with Gasteiger partial charge in [-0.25, -0.2) is 0 Å². The van der Waals surface area contributed by atoms with Gasteiger partial charge in [-0.1, -0.05) is 26.0 Å². The molecule has 3 N–H and O–H groups in total. The van der Waals surface area contributed by atoms with Crippen LogP contribution < -0.4 is 11.1 Å². The minimum Gasteiger partial charge on any atom is -0.399 e. The van der Waals surface area contributed by atoms with Crippen molar-refractivity contribution < 1.29 is 4.79 Å². The van der Waals surface area contributed by atoms with Crippen molar-refractivity contribution in [2.75, 3.05) is 11.1 Å². The van der Waals surface area contributed by atoms with Gasteiger partial charge < -0.3 is 11.1 Å². The fourth-order valence-electron chi connectivity index (χ4n) is 2.40. The van der Waals surface area contributed by atoms with Crippen LogP contribution in [0.25, 0.3) is 0 Å². The first-order valence-electron chi connectivity index (χ1n) is 7.16. The maximum atomic E-state index is 12.3. The summed E-state index contributed by atoms with van der Waals surface area (Å²) in [6, 6.07) is 11.5. The fraction of sp³-hybridized carbons (Fsp3) is 0.278. The Kier molecular flexibility index (Phi) is 4.32. The Labute approximate surface area is 126 Å². The summed E-state index contributed by atoms with van der Waals surface area (Å²) in [5, 5.41) is 2.98. The molecule has 1 amide bonds. The number of carbonyl (C=O) groups excluding carboxylic acids is 1. The molecule has 21 heavy (non-hydrogen) atoms. The van der Waals surface area contributed by atoms with Crippen molar-refractivity contribution in [3.63, 3.8) is 0 Å². The van der Waals surface area contributed by atoms with Crippen LogP contribution in [-0.2, 0) is 0 Å². The van der Waals surface area contributed by atoms with Crippen LogP contribution >= 0.6 is 0 Å². The average Bonchev–Trinajstić information content (AvgIpc) is 2.42. The number of hydrogen-bond acceptors (Lipinski definition) is 2. The molecule has 0 spiro atoms. The Hall–Kier alpha value is -2.29. The van der Waals surface area contributed by atoms with Crippen molar-refractivity contribution >= 4 is 17.3 Å². The number of benzene rings is 2. The third-order valence-corrected chi connectivity index (χ3v) is 3.63. The summed E-state index contributed by atoms with van der Waals surface area (Å²) in [7, 11) is 0. The van der Waals surface area contributed by atoms with Crippen molar-refractivity contribution in [2.24, 2.45) is 0 Å². The minimum atomic E-state index is -0.0960. The molecule has 2 aromatic carbocycles. The van der Waals surface area contributed by atoms with Gasteiger partial charge in [0.15, 0.2) is 0 Å². The molecule has 0 heterocycles. The van der Waals surface area contributed by atoms with Gasteiger partial charge in [0.05, 0.1) is 0 Å². The molecular weight excluding hydrogens is 260 g/mol. The lowest BCUT2D eigenvalue weighted by Gasteiger charge is -2.13. The van der Waals surface area contributed by atoms with Crippen molar-refractivity contribution in [3.05, 3.63) is 58.7 Å². The topological polar surface area (TPSA) is 55.1 Å². The molecule has 3 nitrogen and oxygen atoms in total. The van der Waals surface area contributed by atoms with Crippen molar-refractivity contribution in [3.8, 4) is 0 Å². The molecule has 0 fully saturated rings. The number of nitrogen functional groups attached to an aromatic ring is 1. The quantitative estimate of drug-likeness (QED) is 0.826. The Morgan fingerprint density at radius 2 is 1.57 bits per heavy atom. The Morgan fingerprint density at radius 3 is 2.05 bits per heavy atom. The summed E-state index contributed by atoms with van der Waals surface area (Å²) in [5.74, 6) is 0.366. The molecule has 0 saturated carbocycles. The highest BCUT2D eigenvalue weighted by molar-refractivity contribution is 6.05. The van der Waals surface area contributed by atoms with E-state index in [0.29, 0.717) is 17.2 Å². The van der Waals surface area contributed by atoms with Gasteiger partial charge in [-0.2, -0.15) is 0 Å². The number of aryl methyl sites for hydroxylation is 2. The van der Waals surface area contributed by atoms with Gasteiger partial charge in [-0.15, -0.1) is 0 Å². The number of rotatable bonds is 3. The van der Waals surface area contributed by atoms with Gasteiger partial charge >= 0.3 is 0 Å². The minimum absolute atomic E-state index is 0.0960. The predicted molar refractivity (Wildman–Crippen MR) is 88.8 cm³/mol. The fourth-order valence-corrected chi connectivity index (χ4v) is 2.40. The van der Waals surface area contributed by atoms with E-state index in [9.17, 15) is 4.79 Å². The maximum absolute atomic E-state index is 12.3. The first-order valence-corrected chi connectivity index (χ1v) is 7.16. The Bertz CT molecular complexity index is 634. The molecule has 3 heteroatoms. The summed E-state index contributed by atoms with van der Waals surface area (Å²) in [6.07, 6.45) is 0. The van der Waals surface area contributed by atoms with Crippen LogP contribution in [0.1, 0.15) is 46.8 Å². The molecule has 0 aromatic heterocycles. The Balaban J connectivity index is 2.22. The molecule has 2 aromatic rings. The highest BCUT2D eigenvalue weighted by atomic mass is 16.1. The Morgan fingerprint density at radius 1 is 1.05 bits per heavy atom. The van der Waals surface area contributed by atoms with E-state index in [1.807, 2.05) is 50.2 Å². The van der Waals surface area contributed by atoms with Gasteiger partial charge in [0.2, 0.25) is 0 Å². The molecule has 0 unspecified atom stereocenters. The second kappa shape index (κ2) is 6.00.